The predicted octanol–water partition coefficient (Wildman–Crippen LogP) is 1.10. The molecule has 0 spiro atoms. The molecule has 3 fully saturated rings. The highest BCUT2D eigenvalue weighted by atomic mass is 16.5. The standard InChI is InChI=1S/C26H26N6O8/c33-19-12-39-18-2-1-14(9-15(18)29-19)11-27-20(34)16-10-17(32-23(30-16)31-40-24(32)38)21(35)28-13-25-3-6-26(7-4-25,8-5-25)22(36)37/h1-2,9-10H,3-8,11-13H2,(H,27,34)(H,28,35)(H,29,33)(H,36,37). The van der Waals surface area contributed by atoms with Crippen molar-refractivity contribution in [3.05, 3.63) is 51.8 Å². The largest absolute Gasteiger partial charge is 0.482 e. The number of anilines is 1. The van der Waals surface area contributed by atoms with Crippen molar-refractivity contribution in [3.8, 4) is 5.75 Å². The number of aromatic nitrogens is 3. The molecule has 1 aliphatic heterocycles. The Balaban J connectivity index is 1.17. The minimum atomic E-state index is -0.919. The van der Waals surface area contributed by atoms with Crippen LogP contribution in [0.4, 0.5) is 5.69 Å². The average molecular weight is 551 g/mol. The summed E-state index contributed by atoms with van der Waals surface area (Å²) in [5.74, 6) is -2.89. The number of carbonyl (C=O) groups is 4. The Kier molecular flexibility index (Phi) is 6.04. The van der Waals surface area contributed by atoms with Crippen molar-refractivity contribution in [1.82, 2.24) is 25.2 Å². The Morgan fingerprint density at radius 1 is 1.02 bits per heavy atom. The van der Waals surface area contributed by atoms with Crippen LogP contribution in [0.3, 0.4) is 0 Å². The van der Waals surface area contributed by atoms with Gasteiger partial charge in [-0.15, -0.1) is 0 Å². The van der Waals surface area contributed by atoms with E-state index in [1.165, 1.54) is 6.07 Å². The zero-order chi connectivity index (χ0) is 28.1. The van der Waals surface area contributed by atoms with E-state index in [0.717, 1.165) is 4.40 Å². The third-order valence-electron chi connectivity index (χ3n) is 8.40. The maximum Gasteiger partial charge on any atom is 0.448 e. The number of amides is 3. The Hall–Kier alpha value is -4.75. The van der Waals surface area contributed by atoms with Gasteiger partial charge in [0.15, 0.2) is 6.61 Å². The lowest BCUT2D eigenvalue weighted by atomic mass is 9.53. The van der Waals surface area contributed by atoms with Crippen LogP contribution in [0.15, 0.2) is 33.6 Å². The van der Waals surface area contributed by atoms with Crippen molar-refractivity contribution in [2.24, 2.45) is 10.8 Å². The zero-order valence-electron chi connectivity index (χ0n) is 21.3. The summed E-state index contributed by atoms with van der Waals surface area (Å²) in [6.45, 7) is 0.332. The van der Waals surface area contributed by atoms with Crippen molar-refractivity contribution >= 4 is 35.2 Å². The van der Waals surface area contributed by atoms with E-state index in [2.05, 4.69) is 30.6 Å². The van der Waals surface area contributed by atoms with Gasteiger partial charge in [-0.3, -0.25) is 23.7 Å². The topological polar surface area (TPSA) is 194 Å². The summed E-state index contributed by atoms with van der Waals surface area (Å²) in [6, 6.07) is 6.30. The molecule has 208 valence electrons. The molecule has 0 atom stereocenters. The van der Waals surface area contributed by atoms with Crippen LogP contribution in [0.2, 0.25) is 0 Å². The van der Waals surface area contributed by atoms with Crippen molar-refractivity contribution < 1.29 is 33.5 Å². The molecule has 0 radical (unpaired) electrons. The number of carboxylic acid groups (broad SMARTS) is 1. The van der Waals surface area contributed by atoms with Gasteiger partial charge in [0.2, 0.25) is 0 Å². The number of carboxylic acids is 1. The van der Waals surface area contributed by atoms with E-state index in [1.807, 2.05) is 0 Å². The van der Waals surface area contributed by atoms with Crippen LogP contribution in [0.1, 0.15) is 65.1 Å². The van der Waals surface area contributed by atoms with Crippen LogP contribution in [0, 0.1) is 10.8 Å². The summed E-state index contributed by atoms with van der Waals surface area (Å²) < 4.78 is 10.9. The normalized spacial score (nSPS) is 23.1. The van der Waals surface area contributed by atoms with Crippen LogP contribution < -0.4 is 26.4 Å². The molecule has 3 aromatic rings. The van der Waals surface area contributed by atoms with Crippen LogP contribution in [-0.2, 0) is 16.1 Å². The minimum absolute atomic E-state index is 0.0648. The number of carbonyl (C=O) groups excluding carboxylic acids is 3. The Morgan fingerprint density at radius 3 is 2.50 bits per heavy atom. The third-order valence-corrected chi connectivity index (χ3v) is 8.40. The van der Waals surface area contributed by atoms with Gasteiger partial charge in [-0.1, -0.05) is 6.07 Å². The van der Waals surface area contributed by atoms with Crippen LogP contribution in [0.25, 0.3) is 5.78 Å². The Bertz CT molecular complexity index is 1600. The second-order valence-electron chi connectivity index (χ2n) is 10.7. The molecule has 3 saturated carbocycles. The fraction of sp³-hybridized carbons (Fsp3) is 0.423. The van der Waals surface area contributed by atoms with Gasteiger partial charge in [-0.2, -0.15) is 0 Å². The summed E-state index contributed by atoms with van der Waals surface area (Å²) in [5.41, 5.74) is -0.000860. The number of rotatable bonds is 7. The molecule has 2 aromatic heterocycles. The molecule has 14 heteroatoms. The molecule has 40 heavy (non-hydrogen) atoms. The summed E-state index contributed by atoms with van der Waals surface area (Å²) >= 11 is 0. The molecule has 4 N–H and O–H groups in total. The highest BCUT2D eigenvalue weighted by molar-refractivity contribution is 5.98. The molecular formula is C26H26N6O8. The first-order chi connectivity index (χ1) is 19.2. The van der Waals surface area contributed by atoms with E-state index in [4.69, 9.17) is 4.74 Å². The van der Waals surface area contributed by atoms with Crippen molar-refractivity contribution in [3.63, 3.8) is 0 Å². The molecular weight excluding hydrogens is 524 g/mol. The van der Waals surface area contributed by atoms with Crippen molar-refractivity contribution in [2.75, 3.05) is 18.5 Å². The van der Waals surface area contributed by atoms with Crippen molar-refractivity contribution in [1.29, 1.82) is 0 Å². The van der Waals surface area contributed by atoms with Crippen LogP contribution in [-0.4, -0.2) is 56.5 Å². The Labute approximate surface area is 226 Å². The minimum Gasteiger partial charge on any atom is -0.482 e. The molecule has 3 heterocycles. The summed E-state index contributed by atoms with van der Waals surface area (Å²) in [7, 11) is 0. The molecule has 3 amide bonds. The molecule has 2 bridgehead atoms. The molecule has 0 unspecified atom stereocenters. The molecule has 1 aromatic carbocycles. The number of nitrogens with zero attached hydrogens (tertiary/aromatic N) is 3. The summed E-state index contributed by atoms with van der Waals surface area (Å²) in [6.07, 6.45) is 3.75. The Morgan fingerprint density at radius 2 is 1.77 bits per heavy atom. The second-order valence-corrected chi connectivity index (χ2v) is 10.7. The quantitative estimate of drug-likeness (QED) is 0.331. The van der Waals surface area contributed by atoms with Gasteiger partial charge in [0, 0.05) is 13.1 Å². The van der Waals surface area contributed by atoms with Gasteiger partial charge in [-0.25, -0.2) is 14.2 Å². The van der Waals surface area contributed by atoms with Gasteiger partial charge >= 0.3 is 11.7 Å². The molecule has 4 aliphatic rings. The predicted molar refractivity (Wildman–Crippen MR) is 136 cm³/mol. The van der Waals surface area contributed by atoms with Crippen molar-refractivity contribution in [2.45, 2.75) is 45.1 Å². The van der Waals surface area contributed by atoms with E-state index in [1.54, 1.807) is 18.2 Å². The first-order valence-electron chi connectivity index (χ1n) is 12.9. The van der Waals surface area contributed by atoms with Gasteiger partial charge in [0.25, 0.3) is 23.5 Å². The monoisotopic (exact) mass is 550 g/mol. The SMILES string of the molecule is O=C1COc2ccc(CNC(=O)c3cc(C(=O)NCC45CCC(C(=O)O)(CC4)CC5)n4c(=O)onc4n3)cc2N1. The number of benzene rings is 1. The molecule has 3 aliphatic carbocycles. The lowest BCUT2D eigenvalue weighted by molar-refractivity contribution is -0.158. The second kappa shape index (κ2) is 9.47. The molecule has 14 nitrogen and oxygen atoms in total. The van der Waals surface area contributed by atoms with E-state index >= 15 is 0 Å². The molecule has 0 saturated heterocycles. The van der Waals surface area contributed by atoms with Gasteiger partial charge in [-0.05, 0) is 72.9 Å². The first-order valence-corrected chi connectivity index (χ1v) is 12.9. The maximum atomic E-state index is 13.3. The van der Waals surface area contributed by atoms with Gasteiger partial charge < -0.3 is 25.8 Å². The lowest BCUT2D eigenvalue weighted by Crippen LogP contribution is -2.50. The number of hydrogen-bond acceptors (Lipinski definition) is 9. The number of ether oxygens (including phenoxy) is 1. The summed E-state index contributed by atoms with van der Waals surface area (Å²) in [4.78, 5) is 65.9. The smallest absolute Gasteiger partial charge is 0.448 e. The number of fused-ring (bicyclic) bond motifs is 5. The lowest BCUT2D eigenvalue weighted by Gasteiger charge is -2.51. The number of aliphatic carboxylic acids is 1. The van der Waals surface area contributed by atoms with E-state index < -0.39 is 29.0 Å². The number of nitrogens with one attached hydrogen (secondary N) is 3. The third kappa shape index (κ3) is 4.44. The van der Waals surface area contributed by atoms with Gasteiger partial charge in [0.05, 0.1) is 11.1 Å². The summed E-state index contributed by atoms with van der Waals surface area (Å²) in [5, 5.41) is 21.5. The fourth-order valence-electron chi connectivity index (χ4n) is 5.86. The van der Waals surface area contributed by atoms with Gasteiger partial charge in [0.1, 0.15) is 17.1 Å². The average Bonchev–Trinajstić information content (AvgIpc) is 3.35. The van der Waals surface area contributed by atoms with Crippen LogP contribution in [0.5, 0.6) is 5.75 Å². The number of hydrogen-bond donors (Lipinski definition) is 4. The van der Waals surface area contributed by atoms with E-state index in [9.17, 15) is 29.1 Å². The highest BCUT2D eigenvalue weighted by Crippen LogP contribution is 2.56. The highest BCUT2D eigenvalue weighted by Gasteiger charge is 2.52. The van der Waals surface area contributed by atoms with E-state index in [0.29, 0.717) is 62.1 Å². The molecule has 7 rings (SSSR count). The maximum absolute atomic E-state index is 13.3. The van der Waals surface area contributed by atoms with E-state index in [-0.39, 0.29) is 41.6 Å². The zero-order valence-corrected chi connectivity index (χ0v) is 21.3. The first kappa shape index (κ1) is 25.5. The fourth-order valence-corrected chi connectivity index (χ4v) is 5.86. The van der Waals surface area contributed by atoms with Crippen LogP contribution >= 0.6 is 0 Å².